The minimum atomic E-state index is -0.333. The van der Waals surface area contributed by atoms with Gasteiger partial charge in [0.05, 0.1) is 0 Å². The first kappa shape index (κ1) is 12.2. The molecule has 0 aliphatic carbocycles. The number of nitrogens with one attached hydrogen (secondary N) is 1. The van der Waals surface area contributed by atoms with Crippen molar-refractivity contribution in [2.75, 3.05) is 26.3 Å². The Bertz CT molecular complexity index is 338. The van der Waals surface area contributed by atoms with Crippen LogP contribution >= 0.6 is 12.2 Å². The highest BCUT2D eigenvalue weighted by Gasteiger charge is 2.19. The predicted octanol–water partition coefficient (Wildman–Crippen LogP) is 0.762. The smallest absolute Gasteiger partial charge is 0.295 e. The highest BCUT2D eigenvalue weighted by atomic mass is 32.1. The van der Waals surface area contributed by atoms with Crippen LogP contribution in [0.5, 0.6) is 0 Å². The van der Waals surface area contributed by atoms with Crippen LogP contribution < -0.4 is 5.32 Å². The lowest BCUT2D eigenvalue weighted by Gasteiger charge is -2.29. The van der Waals surface area contributed by atoms with Gasteiger partial charge in [-0.05, 0) is 31.5 Å². The molecule has 1 saturated heterocycles. The minimum absolute atomic E-state index is 0.190. The number of carbonyl (C=O) groups is 1. The number of likely N-dealkylation sites (tertiary alicyclic amines) is 1. The van der Waals surface area contributed by atoms with E-state index in [1.165, 1.54) is 12.7 Å². The van der Waals surface area contributed by atoms with Gasteiger partial charge in [0.15, 0.2) is 5.11 Å². The highest BCUT2D eigenvalue weighted by Crippen LogP contribution is 2.09. The van der Waals surface area contributed by atoms with E-state index in [1.807, 2.05) is 4.90 Å². The minimum Gasteiger partial charge on any atom is -0.494 e. The lowest BCUT2D eigenvalue weighted by molar-refractivity contribution is -0.121. The van der Waals surface area contributed by atoms with Crippen molar-refractivity contribution in [3.8, 4) is 0 Å². The molecular formula is C11H16N2O3S. The Hall–Kier alpha value is -1.30. The molecule has 5 nitrogen and oxygen atoms in total. The van der Waals surface area contributed by atoms with Gasteiger partial charge in [-0.15, -0.1) is 0 Å². The fraction of sp³-hybridized carbons (Fsp3) is 0.636. The fourth-order valence-corrected chi connectivity index (χ4v) is 2.10. The zero-order chi connectivity index (χ0) is 12.1. The molecule has 2 heterocycles. The second-order valence-corrected chi connectivity index (χ2v) is 4.40. The molecule has 0 spiro atoms. The van der Waals surface area contributed by atoms with Crippen LogP contribution in [-0.2, 0) is 14.3 Å². The summed E-state index contributed by atoms with van der Waals surface area (Å²) >= 11 is 5.19. The number of nitrogens with zero attached hydrogens (tertiary/aromatic N) is 1. The molecule has 1 fully saturated rings. The van der Waals surface area contributed by atoms with Crippen molar-refractivity contribution in [3.05, 3.63) is 12.0 Å². The maximum absolute atomic E-state index is 11.8. The van der Waals surface area contributed by atoms with Gasteiger partial charge in [-0.2, -0.15) is 0 Å². The summed E-state index contributed by atoms with van der Waals surface area (Å²) in [4.78, 5) is 13.8. The molecule has 2 rings (SSSR count). The van der Waals surface area contributed by atoms with Crippen molar-refractivity contribution in [3.63, 3.8) is 0 Å². The molecule has 2 aliphatic heterocycles. The number of piperidine rings is 1. The van der Waals surface area contributed by atoms with Gasteiger partial charge in [0.2, 0.25) is 5.76 Å². The van der Waals surface area contributed by atoms with Crippen LogP contribution in [0.15, 0.2) is 12.0 Å². The van der Waals surface area contributed by atoms with E-state index >= 15 is 0 Å². The number of hydrogen-bond acceptors (Lipinski definition) is 4. The number of hydrogen-bond donors (Lipinski definition) is 1. The molecule has 0 aromatic carbocycles. The Morgan fingerprint density at radius 1 is 1.29 bits per heavy atom. The van der Waals surface area contributed by atoms with Crippen molar-refractivity contribution in [2.24, 2.45) is 0 Å². The summed E-state index contributed by atoms with van der Waals surface area (Å²) in [6, 6.07) is 0. The highest BCUT2D eigenvalue weighted by molar-refractivity contribution is 7.80. The summed E-state index contributed by atoms with van der Waals surface area (Å²) in [5.41, 5.74) is 0. The van der Waals surface area contributed by atoms with Crippen LogP contribution in [0.3, 0.4) is 0 Å². The lowest BCUT2D eigenvalue weighted by atomic mass is 10.1. The van der Waals surface area contributed by atoms with Gasteiger partial charge in [-0.25, -0.2) is 0 Å². The molecule has 0 unspecified atom stereocenters. The van der Waals surface area contributed by atoms with Gasteiger partial charge in [-0.1, -0.05) is 0 Å². The van der Waals surface area contributed by atoms with E-state index < -0.39 is 0 Å². The van der Waals surface area contributed by atoms with Crippen LogP contribution in [0.2, 0.25) is 0 Å². The summed E-state index contributed by atoms with van der Waals surface area (Å²) in [5, 5.41) is 3.14. The molecule has 17 heavy (non-hydrogen) atoms. The summed E-state index contributed by atoms with van der Waals surface area (Å²) in [5.74, 6) is -0.143. The third-order valence-electron chi connectivity index (χ3n) is 2.74. The SMILES string of the molecule is O=C(NC(=S)N1CCCCC1)C1=COCCO1. The van der Waals surface area contributed by atoms with E-state index in [2.05, 4.69) is 5.32 Å². The largest absolute Gasteiger partial charge is 0.494 e. The van der Waals surface area contributed by atoms with E-state index in [9.17, 15) is 4.79 Å². The third-order valence-corrected chi connectivity index (χ3v) is 3.10. The Kier molecular flexibility index (Phi) is 4.19. The van der Waals surface area contributed by atoms with Gasteiger partial charge in [0.25, 0.3) is 5.91 Å². The van der Waals surface area contributed by atoms with E-state index in [4.69, 9.17) is 21.7 Å². The first-order valence-corrected chi connectivity index (χ1v) is 6.23. The van der Waals surface area contributed by atoms with Gasteiger partial charge in [-0.3, -0.25) is 10.1 Å². The maximum Gasteiger partial charge on any atom is 0.295 e. The topological polar surface area (TPSA) is 50.8 Å². The Morgan fingerprint density at radius 3 is 2.71 bits per heavy atom. The fourth-order valence-electron chi connectivity index (χ4n) is 1.82. The Labute approximate surface area is 106 Å². The molecule has 6 heteroatoms. The zero-order valence-corrected chi connectivity index (χ0v) is 10.4. The molecule has 1 N–H and O–H groups in total. The van der Waals surface area contributed by atoms with Gasteiger partial charge < -0.3 is 14.4 Å². The molecule has 0 saturated carbocycles. The standard InChI is InChI=1S/C11H16N2O3S/c14-10(9-8-15-6-7-16-9)12-11(17)13-4-2-1-3-5-13/h8H,1-7H2,(H,12,14,17). The summed E-state index contributed by atoms with van der Waals surface area (Å²) in [6.07, 6.45) is 4.81. The quantitative estimate of drug-likeness (QED) is 0.702. The molecule has 2 aliphatic rings. The predicted molar refractivity (Wildman–Crippen MR) is 66.2 cm³/mol. The number of amides is 1. The third kappa shape index (κ3) is 3.33. The molecule has 1 amide bonds. The monoisotopic (exact) mass is 256 g/mol. The van der Waals surface area contributed by atoms with Gasteiger partial charge >= 0.3 is 0 Å². The zero-order valence-electron chi connectivity index (χ0n) is 9.61. The molecule has 0 atom stereocenters. The van der Waals surface area contributed by atoms with Crippen LogP contribution in [0.4, 0.5) is 0 Å². The molecule has 0 bridgehead atoms. The van der Waals surface area contributed by atoms with Crippen LogP contribution in [0.1, 0.15) is 19.3 Å². The molecule has 0 aromatic rings. The van der Waals surface area contributed by atoms with Crippen LogP contribution in [0.25, 0.3) is 0 Å². The normalized spacial score (nSPS) is 19.8. The van der Waals surface area contributed by atoms with E-state index in [1.54, 1.807) is 0 Å². The average molecular weight is 256 g/mol. The van der Waals surface area contributed by atoms with Crippen LogP contribution in [-0.4, -0.2) is 42.2 Å². The van der Waals surface area contributed by atoms with Crippen molar-refractivity contribution >= 4 is 23.2 Å². The average Bonchev–Trinajstić information content (AvgIpc) is 2.40. The second kappa shape index (κ2) is 5.86. The van der Waals surface area contributed by atoms with Crippen molar-refractivity contribution in [2.45, 2.75) is 19.3 Å². The van der Waals surface area contributed by atoms with Gasteiger partial charge in [0.1, 0.15) is 19.5 Å². The Balaban J connectivity index is 1.84. The number of ether oxygens (including phenoxy) is 2. The van der Waals surface area contributed by atoms with Crippen molar-refractivity contribution in [1.29, 1.82) is 0 Å². The van der Waals surface area contributed by atoms with Gasteiger partial charge in [0, 0.05) is 13.1 Å². The first-order valence-electron chi connectivity index (χ1n) is 5.82. The molecular weight excluding hydrogens is 240 g/mol. The molecule has 0 radical (unpaired) electrons. The number of thiocarbonyl (C=S) groups is 1. The maximum atomic E-state index is 11.8. The molecule has 0 aromatic heterocycles. The summed E-state index contributed by atoms with van der Waals surface area (Å²) < 4.78 is 10.2. The van der Waals surface area contributed by atoms with Crippen molar-refractivity contribution < 1.29 is 14.3 Å². The van der Waals surface area contributed by atoms with Crippen molar-refractivity contribution in [1.82, 2.24) is 10.2 Å². The Morgan fingerprint density at radius 2 is 2.06 bits per heavy atom. The van der Waals surface area contributed by atoms with Crippen LogP contribution in [0, 0.1) is 0 Å². The number of carbonyl (C=O) groups excluding carboxylic acids is 1. The van der Waals surface area contributed by atoms with E-state index in [-0.39, 0.29) is 11.7 Å². The lowest BCUT2D eigenvalue weighted by Crippen LogP contribution is -2.45. The second-order valence-electron chi connectivity index (χ2n) is 4.01. The van der Waals surface area contributed by atoms with E-state index in [0.29, 0.717) is 18.3 Å². The first-order chi connectivity index (χ1) is 8.27. The number of rotatable bonds is 1. The molecule has 94 valence electrons. The summed E-state index contributed by atoms with van der Waals surface area (Å²) in [7, 11) is 0. The van der Waals surface area contributed by atoms with E-state index in [0.717, 1.165) is 25.9 Å². The summed E-state index contributed by atoms with van der Waals surface area (Å²) in [6.45, 7) is 2.70.